The van der Waals surface area contributed by atoms with Crippen LogP contribution < -0.4 is 0 Å². The van der Waals surface area contributed by atoms with Gasteiger partial charge in [0.15, 0.2) is 5.78 Å². The third-order valence-electron chi connectivity index (χ3n) is 3.64. The lowest BCUT2D eigenvalue weighted by Crippen LogP contribution is -1.98. The van der Waals surface area contributed by atoms with Crippen LogP contribution in [0.4, 0.5) is 0 Å². The van der Waals surface area contributed by atoms with Gasteiger partial charge >= 0.3 is 0 Å². The second-order valence-electron chi connectivity index (χ2n) is 5.18. The molecule has 0 aliphatic carbocycles. The van der Waals surface area contributed by atoms with Crippen LogP contribution in [0.15, 0.2) is 53.1 Å². The molecule has 2 aromatic heterocycles. The number of hydrogen-bond donors (Lipinski definition) is 0. The van der Waals surface area contributed by atoms with Gasteiger partial charge in [-0.3, -0.25) is 9.48 Å². The lowest BCUT2D eigenvalue weighted by atomic mass is 10.1. The molecule has 1 aromatic carbocycles. The molecule has 3 aromatic rings. The van der Waals surface area contributed by atoms with Crippen LogP contribution in [0.3, 0.4) is 0 Å². The zero-order valence-corrected chi connectivity index (χ0v) is 13.5. The fraction of sp³-hybridized carbons (Fsp3) is 0.111. The summed E-state index contributed by atoms with van der Waals surface area (Å²) < 4.78 is 7.40. The summed E-state index contributed by atoms with van der Waals surface area (Å²) >= 11 is 5.98. The fourth-order valence-electron chi connectivity index (χ4n) is 2.23. The van der Waals surface area contributed by atoms with Gasteiger partial charge in [0.05, 0.1) is 11.8 Å². The third kappa shape index (κ3) is 3.27. The Morgan fingerprint density at radius 3 is 2.83 bits per heavy atom. The largest absolute Gasteiger partial charge is 0.457 e. The number of nitrogens with zero attached hydrogens (tertiary/aromatic N) is 2. The molecule has 116 valence electrons. The first-order valence-electron chi connectivity index (χ1n) is 7.11. The van der Waals surface area contributed by atoms with E-state index in [9.17, 15) is 4.79 Å². The van der Waals surface area contributed by atoms with Gasteiger partial charge in [-0.15, -0.1) is 0 Å². The summed E-state index contributed by atoms with van der Waals surface area (Å²) in [5.41, 5.74) is 2.32. The Balaban J connectivity index is 1.79. The number of hydrogen-bond acceptors (Lipinski definition) is 3. The Kier molecular flexibility index (Phi) is 4.17. The van der Waals surface area contributed by atoms with Gasteiger partial charge in [-0.2, -0.15) is 5.10 Å². The molecule has 3 rings (SSSR count). The molecule has 0 unspecified atom stereocenters. The average molecular weight is 327 g/mol. The standard InChI is InChI=1S/C18H15ClN2O2/c1-12-16(11-20-21(12)2)17(22)8-6-15-7-9-18(23-15)13-4-3-5-14(19)10-13/h3-11H,1-2H3/b8-6+. The van der Waals surface area contributed by atoms with Crippen molar-refractivity contribution in [1.82, 2.24) is 9.78 Å². The van der Waals surface area contributed by atoms with Crippen molar-refractivity contribution < 1.29 is 9.21 Å². The summed E-state index contributed by atoms with van der Waals surface area (Å²) in [5.74, 6) is 1.21. The molecular weight excluding hydrogens is 312 g/mol. The Hall–Kier alpha value is -2.59. The van der Waals surface area contributed by atoms with Gasteiger partial charge in [0.25, 0.3) is 0 Å². The number of aromatic nitrogens is 2. The number of ketones is 1. The molecule has 0 radical (unpaired) electrons. The molecule has 0 aliphatic rings. The van der Waals surface area contributed by atoms with Gasteiger partial charge in [-0.05, 0) is 43.3 Å². The minimum atomic E-state index is -0.101. The van der Waals surface area contributed by atoms with Crippen molar-refractivity contribution >= 4 is 23.5 Å². The Morgan fingerprint density at radius 2 is 2.13 bits per heavy atom. The zero-order valence-electron chi connectivity index (χ0n) is 12.8. The molecule has 0 aliphatic heterocycles. The van der Waals surface area contributed by atoms with Gasteiger partial charge in [0.1, 0.15) is 11.5 Å². The molecule has 23 heavy (non-hydrogen) atoms. The number of benzene rings is 1. The predicted octanol–water partition coefficient (Wildman–Crippen LogP) is 4.54. The summed E-state index contributed by atoms with van der Waals surface area (Å²) in [5, 5.41) is 4.72. The Bertz CT molecular complexity index is 890. The highest BCUT2D eigenvalue weighted by Gasteiger charge is 2.10. The molecule has 4 nitrogen and oxygen atoms in total. The van der Waals surface area contributed by atoms with E-state index in [1.807, 2.05) is 43.3 Å². The van der Waals surface area contributed by atoms with E-state index in [-0.39, 0.29) is 5.78 Å². The van der Waals surface area contributed by atoms with E-state index in [1.165, 1.54) is 6.08 Å². The third-order valence-corrected chi connectivity index (χ3v) is 3.87. The maximum absolute atomic E-state index is 12.2. The van der Waals surface area contributed by atoms with E-state index >= 15 is 0 Å². The second kappa shape index (κ2) is 6.26. The first kappa shape index (κ1) is 15.3. The maximum atomic E-state index is 12.2. The average Bonchev–Trinajstić information content (AvgIpc) is 3.13. The summed E-state index contributed by atoms with van der Waals surface area (Å²) in [6.07, 6.45) is 4.72. The smallest absolute Gasteiger partial charge is 0.189 e. The fourth-order valence-corrected chi connectivity index (χ4v) is 2.42. The van der Waals surface area contributed by atoms with Crippen molar-refractivity contribution in [3.63, 3.8) is 0 Å². The lowest BCUT2D eigenvalue weighted by molar-refractivity contribution is 0.104. The number of carbonyl (C=O) groups is 1. The summed E-state index contributed by atoms with van der Waals surface area (Å²) in [7, 11) is 1.81. The molecule has 0 saturated heterocycles. The van der Waals surface area contributed by atoms with E-state index in [1.54, 1.807) is 24.0 Å². The van der Waals surface area contributed by atoms with Crippen molar-refractivity contribution in [2.24, 2.45) is 7.05 Å². The zero-order chi connectivity index (χ0) is 16.4. The molecule has 0 spiro atoms. The molecule has 0 saturated carbocycles. The van der Waals surface area contributed by atoms with Crippen molar-refractivity contribution in [3.8, 4) is 11.3 Å². The van der Waals surface area contributed by atoms with Crippen molar-refractivity contribution in [3.05, 3.63) is 70.7 Å². The topological polar surface area (TPSA) is 48.0 Å². The van der Waals surface area contributed by atoms with Crippen LogP contribution in [0.2, 0.25) is 5.02 Å². The highest BCUT2D eigenvalue weighted by Crippen LogP contribution is 2.25. The second-order valence-corrected chi connectivity index (χ2v) is 5.61. The molecule has 0 bridgehead atoms. The molecule has 2 heterocycles. The van der Waals surface area contributed by atoms with E-state index in [0.717, 1.165) is 11.3 Å². The van der Waals surface area contributed by atoms with Crippen molar-refractivity contribution in [1.29, 1.82) is 0 Å². The number of rotatable bonds is 4. The molecule has 0 fully saturated rings. The van der Waals surface area contributed by atoms with Crippen LogP contribution in [0.5, 0.6) is 0 Å². The predicted molar refractivity (Wildman–Crippen MR) is 90.5 cm³/mol. The summed E-state index contributed by atoms with van der Waals surface area (Å²) in [4.78, 5) is 12.2. The molecule has 0 atom stereocenters. The highest BCUT2D eigenvalue weighted by molar-refractivity contribution is 6.30. The molecule has 0 N–H and O–H groups in total. The van der Waals surface area contributed by atoms with Gasteiger partial charge in [0, 0.05) is 23.3 Å². The van der Waals surface area contributed by atoms with Gasteiger partial charge < -0.3 is 4.42 Å². The van der Waals surface area contributed by atoms with Crippen LogP contribution in [0, 0.1) is 6.92 Å². The minimum Gasteiger partial charge on any atom is -0.457 e. The SMILES string of the molecule is Cc1c(C(=O)/C=C/c2ccc(-c3cccc(Cl)c3)o2)cnn1C. The first-order valence-corrected chi connectivity index (χ1v) is 7.49. The lowest BCUT2D eigenvalue weighted by Gasteiger charge is -1.97. The van der Waals surface area contributed by atoms with Gasteiger partial charge in [-0.25, -0.2) is 0 Å². The molecule has 0 amide bonds. The van der Waals surface area contributed by atoms with E-state index in [0.29, 0.717) is 22.1 Å². The minimum absolute atomic E-state index is 0.101. The molecule has 5 heteroatoms. The summed E-state index contributed by atoms with van der Waals surface area (Å²) in [6.45, 7) is 1.86. The van der Waals surface area contributed by atoms with E-state index in [4.69, 9.17) is 16.0 Å². The van der Waals surface area contributed by atoms with Crippen molar-refractivity contribution in [2.75, 3.05) is 0 Å². The number of aryl methyl sites for hydroxylation is 1. The molecular formula is C18H15ClN2O2. The van der Waals surface area contributed by atoms with Crippen LogP contribution in [0.25, 0.3) is 17.4 Å². The normalized spacial score (nSPS) is 11.3. The Labute approximate surface area is 139 Å². The quantitative estimate of drug-likeness (QED) is 0.522. The van der Waals surface area contributed by atoms with Crippen LogP contribution in [-0.4, -0.2) is 15.6 Å². The van der Waals surface area contributed by atoms with Crippen molar-refractivity contribution in [2.45, 2.75) is 6.92 Å². The summed E-state index contributed by atoms with van der Waals surface area (Å²) in [6, 6.07) is 11.1. The monoisotopic (exact) mass is 326 g/mol. The van der Waals surface area contributed by atoms with Crippen LogP contribution in [-0.2, 0) is 7.05 Å². The number of allylic oxidation sites excluding steroid dienone is 1. The Morgan fingerprint density at radius 1 is 1.30 bits per heavy atom. The van der Waals surface area contributed by atoms with Gasteiger partial charge in [0.2, 0.25) is 0 Å². The first-order chi connectivity index (χ1) is 11.0. The van der Waals surface area contributed by atoms with E-state index in [2.05, 4.69) is 5.10 Å². The number of furan rings is 1. The number of halogens is 1. The number of carbonyl (C=O) groups excluding carboxylic acids is 1. The van der Waals surface area contributed by atoms with Crippen LogP contribution >= 0.6 is 11.6 Å². The van der Waals surface area contributed by atoms with E-state index < -0.39 is 0 Å². The van der Waals surface area contributed by atoms with Crippen LogP contribution in [0.1, 0.15) is 21.8 Å². The van der Waals surface area contributed by atoms with Gasteiger partial charge in [-0.1, -0.05) is 23.7 Å². The highest BCUT2D eigenvalue weighted by atomic mass is 35.5. The maximum Gasteiger partial charge on any atom is 0.189 e.